The first-order chi connectivity index (χ1) is 17.0. The predicted molar refractivity (Wildman–Crippen MR) is 125 cm³/mol. The van der Waals surface area contributed by atoms with Gasteiger partial charge in [-0.25, -0.2) is 9.37 Å². The minimum atomic E-state index is -0.273. The minimum Gasteiger partial charge on any atom is -0.328 e. The lowest BCUT2D eigenvalue weighted by Crippen LogP contribution is -2.31. The second-order valence-electron chi connectivity index (χ2n) is 8.90. The van der Waals surface area contributed by atoms with Gasteiger partial charge in [0, 0.05) is 18.5 Å². The lowest BCUT2D eigenvalue weighted by molar-refractivity contribution is 0.0730. The minimum absolute atomic E-state index is 0.0820. The van der Waals surface area contributed by atoms with E-state index >= 15 is 0 Å². The maximum Gasteiger partial charge on any atom is 0.254 e. The zero-order chi connectivity index (χ0) is 24.4. The fourth-order valence-electron chi connectivity index (χ4n) is 4.34. The number of carbonyl (C=O) groups excluding carboxylic acids is 1. The number of amides is 1. The van der Waals surface area contributed by atoms with Gasteiger partial charge in [-0.1, -0.05) is 18.2 Å². The molecule has 0 saturated carbocycles. The number of hydrogen-bond acceptors (Lipinski definition) is 7. The maximum atomic E-state index is 13.5. The molecule has 1 N–H and O–H groups in total. The summed E-state index contributed by atoms with van der Waals surface area (Å²) in [7, 11) is 3.89. The summed E-state index contributed by atoms with van der Waals surface area (Å²) in [6.45, 7) is 1.21. The summed E-state index contributed by atoms with van der Waals surface area (Å²) in [5, 5.41) is 19.4. The normalized spacial score (nSPS) is 15.8. The van der Waals surface area contributed by atoms with Gasteiger partial charge in [-0.15, -0.1) is 5.10 Å². The van der Waals surface area contributed by atoms with Gasteiger partial charge in [-0.3, -0.25) is 9.89 Å². The number of likely N-dealkylation sites (tertiary alicyclic amines) is 1. The molecule has 2 aromatic heterocycles. The molecule has 1 atom stereocenters. The van der Waals surface area contributed by atoms with Crippen LogP contribution in [0.5, 0.6) is 0 Å². The van der Waals surface area contributed by atoms with E-state index in [0.29, 0.717) is 42.5 Å². The van der Waals surface area contributed by atoms with Crippen molar-refractivity contribution in [1.82, 2.24) is 45.2 Å². The summed E-state index contributed by atoms with van der Waals surface area (Å²) in [5.74, 6) is 1.61. The Morgan fingerprint density at radius 2 is 2.03 bits per heavy atom. The molecule has 3 heterocycles. The molecule has 0 aliphatic carbocycles. The molecule has 10 nitrogen and oxygen atoms in total. The molecule has 0 bridgehead atoms. The first-order valence-corrected chi connectivity index (χ1v) is 11.5. The van der Waals surface area contributed by atoms with Crippen LogP contribution in [0.2, 0.25) is 0 Å². The zero-order valence-corrected chi connectivity index (χ0v) is 19.6. The molecular formula is C24H26FN9O. The van der Waals surface area contributed by atoms with E-state index in [1.54, 1.807) is 22.9 Å². The van der Waals surface area contributed by atoms with Gasteiger partial charge in [0.25, 0.3) is 5.91 Å². The first kappa shape index (κ1) is 22.8. The largest absolute Gasteiger partial charge is 0.328 e. The van der Waals surface area contributed by atoms with Gasteiger partial charge in [0.1, 0.15) is 11.6 Å². The number of halogens is 1. The van der Waals surface area contributed by atoms with E-state index in [2.05, 4.69) is 30.7 Å². The molecule has 2 aromatic carbocycles. The smallest absolute Gasteiger partial charge is 0.254 e. The number of nitrogens with zero attached hydrogens (tertiary/aromatic N) is 8. The molecule has 180 valence electrons. The molecular weight excluding hydrogens is 449 g/mol. The average molecular weight is 476 g/mol. The highest BCUT2D eigenvalue weighted by molar-refractivity contribution is 5.95. The van der Waals surface area contributed by atoms with Crippen LogP contribution < -0.4 is 0 Å². The van der Waals surface area contributed by atoms with Crippen molar-refractivity contribution >= 4 is 5.91 Å². The van der Waals surface area contributed by atoms with Crippen LogP contribution in [-0.4, -0.2) is 71.7 Å². The van der Waals surface area contributed by atoms with Gasteiger partial charge in [-0.05, 0) is 73.3 Å². The third-order valence-corrected chi connectivity index (χ3v) is 5.97. The van der Waals surface area contributed by atoms with Gasteiger partial charge >= 0.3 is 0 Å². The molecule has 0 radical (unpaired) electrons. The number of carbonyl (C=O) groups is 1. The third kappa shape index (κ3) is 4.94. The Hall–Kier alpha value is -3.99. The van der Waals surface area contributed by atoms with E-state index in [4.69, 9.17) is 0 Å². The Morgan fingerprint density at radius 3 is 2.83 bits per heavy atom. The Bertz CT molecular complexity index is 1310. The second-order valence-corrected chi connectivity index (χ2v) is 8.90. The molecule has 5 rings (SSSR count). The van der Waals surface area contributed by atoms with E-state index in [9.17, 15) is 9.18 Å². The van der Waals surface area contributed by atoms with Crippen LogP contribution in [-0.2, 0) is 13.0 Å². The molecule has 1 aliphatic heterocycles. The lowest BCUT2D eigenvalue weighted by Gasteiger charge is -2.23. The predicted octanol–water partition coefficient (Wildman–Crippen LogP) is 2.55. The van der Waals surface area contributed by atoms with Crippen molar-refractivity contribution in [3.8, 4) is 5.69 Å². The first-order valence-electron chi connectivity index (χ1n) is 11.5. The maximum absolute atomic E-state index is 13.5. The molecule has 35 heavy (non-hydrogen) atoms. The quantitative estimate of drug-likeness (QED) is 0.438. The third-order valence-electron chi connectivity index (χ3n) is 5.97. The summed E-state index contributed by atoms with van der Waals surface area (Å²) in [5.41, 5.74) is 2.22. The summed E-state index contributed by atoms with van der Waals surface area (Å²) >= 11 is 0. The SMILES string of the molecule is CN(C)Cc1nnnn1-c1cccc(C(=O)N2CCC[C@@H]2c2n[nH]c(Cc3ccc(F)cc3)n2)c1. The van der Waals surface area contributed by atoms with Crippen molar-refractivity contribution in [3.05, 3.63) is 82.9 Å². The van der Waals surface area contributed by atoms with Gasteiger partial charge in [0.15, 0.2) is 11.6 Å². The molecule has 0 unspecified atom stereocenters. The number of H-pyrrole nitrogens is 1. The molecule has 11 heteroatoms. The van der Waals surface area contributed by atoms with Crippen LogP contribution in [0.25, 0.3) is 5.69 Å². The Morgan fingerprint density at radius 1 is 1.20 bits per heavy atom. The van der Waals surface area contributed by atoms with Crippen molar-refractivity contribution in [1.29, 1.82) is 0 Å². The Balaban J connectivity index is 1.34. The molecule has 1 fully saturated rings. The number of nitrogens with one attached hydrogen (secondary N) is 1. The summed E-state index contributed by atoms with van der Waals surface area (Å²) in [6, 6.07) is 13.4. The fourth-order valence-corrected chi connectivity index (χ4v) is 4.34. The van der Waals surface area contributed by atoms with Crippen LogP contribution in [0.15, 0.2) is 48.5 Å². The second kappa shape index (κ2) is 9.71. The summed E-state index contributed by atoms with van der Waals surface area (Å²) in [6.07, 6.45) is 2.17. The number of aromatic nitrogens is 7. The molecule has 1 aliphatic rings. The van der Waals surface area contributed by atoms with Crippen LogP contribution >= 0.6 is 0 Å². The number of tetrazole rings is 1. The fraction of sp³-hybridized carbons (Fsp3) is 0.333. The lowest BCUT2D eigenvalue weighted by atomic mass is 10.1. The molecule has 1 amide bonds. The number of benzene rings is 2. The highest BCUT2D eigenvalue weighted by atomic mass is 19.1. The van der Waals surface area contributed by atoms with E-state index in [0.717, 1.165) is 24.1 Å². The van der Waals surface area contributed by atoms with E-state index < -0.39 is 0 Å². The standard InChI is InChI=1S/C24H26FN9O/c1-32(2)15-22-28-30-31-34(22)19-6-3-5-17(14-19)24(35)33-12-4-7-20(33)23-26-21(27-29-23)13-16-8-10-18(25)11-9-16/h3,5-6,8-11,14,20H,4,7,12-13,15H2,1-2H3,(H,26,27,29)/t20-/m1/s1. The molecule has 4 aromatic rings. The molecule has 0 spiro atoms. The van der Waals surface area contributed by atoms with Crippen molar-refractivity contribution < 1.29 is 9.18 Å². The Kier molecular flexibility index (Phi) is 6.32. The number of aromatic amines is 1. The van der Waals surface area contributed by atoms with Gasteiger partial charge in [0.2, 0.25) is 0 Å². The summed E-state index contributed by atoms with van der Waals surface area (Å²) < 4.78 is 14.8. The van der Waals surface area contributed by atoms with Gasteiger partial charge < -0.3 is 9.80 Å². The van der Waals surface area contributed by atoms with Crippen LogP contribution in [0.4, 0.5) is 4.39 Å². The highest BCUT2D eigenvalue weighted by Crippen LogP contribution is 2.31. The van der Waals surface area contributed by atoms with Crippen molar-refractivity contribution in [2.45, 2.75) is 31.8 Å². The van der Waals surface area contributed by atoms with Crippen LogP contribution in [0.1, 0.15) is 52.3 Å². The van der Waals surface area contributed by atoms with E-state index in [1.165, 1.54) is 12.1 Å². The monoisotopic (exact) mass is 475 g/mol. The van der Waals surface area contributed by atoms with Crippen molar-refractivity contribution in [2.24, 2.45) is 0 Å². The van der Waals surface area contributed by atoms with Crippen molar-refractivity contribution in [3.63, 3.8) is 0 Å². The van der Waals surface area contributed by atoms with Gasteiger partial charge in [-0.2, -0.15) is 9.78 Å². The highest BCUT2D eigenvalue weighted by Gasteiger charge is 2.33. The van der Waals surface area contributed by atoms with Crippen LogP contribution in [0.3, 0.4) is 0 Å². The van der Waals surface area contributed by atoms with E-state index in [-0.39, 0.29) is 17.8 Å². The topological polar surface area (TPSA) is 109 Å². The van der Waals surface area contributed by atoms with E-state index in [1.807, 2.05) is 42.1 Å². The van der Waals surface area contributed by atoms with Crippen LogP contribution in [0, 0.1) is 5.82 Å². The number of rotatable bonds is 7. The molecule has 1 saturated heterocycles. The van der Waals surface area contributed by atoms with Gasteiger partial charge in [0.05, 0.1) is 18.3 Å². The average Bonchev–Trinajstić information content (AvgIpc) is 3.61. The number of hydrogen-bond donors (Lipinski definition) is 1. The Labute approximate surface area is 201 Å². The zero-order valence-electron chi connectivity index (χ0n) is 19.6. The summed E-state index contributed by atoms with van der Waals surface area (Å²) in [4.78, 5) is 21.9. The van der Waals surface area contributed by atoms with Crippen molar-refractivity contribution in [2.75, 3.05) is 20.6 Å².